The molecule has 0 radical (unpaired) electrons. The molecule has 0 amide bonds. The molecule has 1 aromatic carbocycles. The first-order valence-electron chi connectivity index (χ1n) is 8.37. The molecule has 0 spiro atoms. The second-order valence-electron chi connectivity index (χ2n) is 5.75. The lowest BCUT2D eigenvalue weighted by Gasteiger charge is -2.08. The standard InChI is InChI=1S/C19H28O2/c1-2-3-4-5-6-7-8-9-12-17-13-10-11-14-19(17)21-16-18-15-20-18/h8-11,13-14,18H,2-7,12,15-16H2,1H3/b9-8+. The molecule has 0 bridgehead atoms. The van der Waals surface area contributed by atoms with Gasteiger partial charge in [-0.15, -0.1) is 0 Å². The molecule has 1 saturated heterocycles. The summed E-state index contributed by atoms with van der Waals surface area (Å²) in [4.78, 5) is 0. The molecule has 0 aromatic heterocycles. The van der Waals surface area contributed by atoms with Gasteiger partial charge in [0.05, 0.1) is 6.61 Å². The highest BCUT2D eigenvalue weighted by Gasteiger charge is 2.23. The maximum absolute atomic E-state index is 5.82. The van der Waals surface area contributed by atoms with Crippen LogP contribution in [0.3, 0.4) is 0 Å². The van der Waals surface area contributed by atoms with Gasteiger partial charge in [-0.25, -0.2) is 0 Å². The molecule has 21 heavy (non-hydrogen) atoms. The summed E-state index contributed by atoms with van der Waals surface area (Å²) < 4.78 is 11.0. The van der Waals surface area contributed by atoms with E-state index in [1.165, 1.54) is 44.1 Å². The lowest BCUT2D eigenvalue weighted by molar-refractivity contribution is 0.261. The Morgan fingerprint density at radius 2 is 1.95 bits per heavy atom. The fourth-order valence-corrected chi connectivity index (χ4v) is 2.35. The van der Waals surface area contributed by atoms with Crippen LogP contribution in [0.4, 0.5) is 0 Å². The molecule has 1 atom stereocenters. The van der Waals surface area contributed by atoms with Crippen molar-refractivity contribution in [1.29, 1.82) is 0 Å². The molecule has 1 aliphatic heterocycles. The third-order valence-electron chi connectivity index (χ3n) is 3.78. The van der Waals surface area contributed by atoms with E-state index in [1.807, 2.05) is 6.07 Å². The van der Waals surface area contributed by atoms with E-state index < -0.39 is 0 Å². The Morgan fingerprint density at radius 1 is 1.14 bits per heavy atom. The van der Waals surface area contributed by atoms with Gasteiger partial charge in [-0.2, -0.15) is 0 Å². The van der Waals surface area contributed by atoms with E-state index in [9.17, 15) is 0 Å². The van der Waals surface area contributed by atoms with Gasteiger partial charge < -0.3 is 9.47 Å². The summed E-state index contributed by atoms with van der Waals surface area (Å²) in [5.41, 5.74) is 1.26. The molecular weight excluding hydrogens is 260 g/mol. The monoisotopic (exact) mass is 288 g/mol. The molecule has 0 saturated carbocycles. The SMILES string of the molecule is CCCCCCC/C=C/Cc1ccccc1OCC1CO1. The van der Waals surface area contributed by atoms with E-state index in [4.69, 9.17) is 9.47 Å². The number of unbranched alkanes of at least 4 members (excludes halogenated alkanes) is 5. The smallest absolute Gasteiger partial charge is 0.122 e. The molecule has 1 heterocycles. The number of hydrogen-bond acceptors (Lipinski definition) is 2. The van der Waals surface area contributed by atoms with E-state index in [1.54, 1.807) is 0 Å². The summed E-state index contributed by atoms with van der Waals surface area (Å²) in [6.45, 7) is 3.78. The first-order valence-corrected chi connectivity index (χ1v) is 8.37. The third kappa shape index (κ3) is 6.81. The van der Waals surface area contributed by atoms with Crippen LogP contribution >= 0.6 is 0 Å². The summed E-state index contributed by atoms with van der Waals surface area (Å²) in [7, 11) is 0. The number of epoxide rings is 1. The van der Waals surface area contributed by atoms with Crippen molar-refractivity contribution < 1.29 is 9.47 Å². The molecule has 0 aliphatic carbocycles. The van der Waals surface area contributed by atoms with Gasteiger partial charge in [0.2, 0.25) is 0 Å². The van der Waals surface area contributed by atoms with E-state index in [0.717, 1.165) is 18.8 Å². The first kappa shape index (κ1) is 16.1. The Morgan fingerprint density at radius 3 is 2.76 bits per heavy atom. The van der Waals surface area contributed by atoms with Gasteiger partial charge in [0, 0.05) is 0 Å². The molecule has 1 aromatic rings. The highest BCUT2D eigenvalue weighted by molar-refractivity contribution is 5.34. The van der Waals surface area contributed by atoms with Crippen LogP contribution in [0.15, 0.2) is 36.4 Å². The molecular formula is C19H28O2. The number of hydrogen-bond donors (Lipinski definition) is 0. The molecule has 2 rings (SSSR count). The highest BCUT2D eigenvalue weighted by atomic mass is 16.6. The fraction of sp³-hybridized carbons (Fsp3) is 0.579. The predicted octanol–water partition coefficient (Wildman–Crippen LogP) is 4.92. The maximum Gasteiger partial charge on any atom is 0.122 e. The first-order chi connectivity index (χ1) is 10.4. The minimum atomic E-state index is 0.316. The quantitative estimate of drug-likeness (QED) is 0.327. The van der Waals surface area contributed by atoms with Crippen molar-refractivity contribution >= 4 is 0 Å². The Labute approximate surface area is 129 Å². The normalized spacial score (nSPS) is 17.3. The van der Waals surface area contributed by atoms with Crippen LogP contribution in [0.25, 0.3) is 0 Å². The Balaban J connectivity index is 1.66. The van der Waals surface area contributed by atoms with Crippen LogP contribution in [0.5, 0.6) is 5.75 Å². The van der Waals surface area contributed by atoms with Crippen molar-refractivity contribution in [3.05, 3.63) is 42.0 Å². The van der Waals surface area contributed by atoms with E-state index >= 15 is 0 Å². The van der Waals surface area contributed by atoms with Gasteiger partial charge in [0.15, 0.2) is 0 Å². The molecule has 0 N–H and O–H groups in total. The zero-order valence-corrected chi connectivity index (χ0v) is 13.2. The van der Waals surface area contributed by atoms with Crippen LogP contribution in [0.1, 0.15) is 51.0 Å². The van der Waals surface area contributed by atoms with Crippen molar-refractivity contribution in [1.82, 2.24) is 0 Å². The number of benzene rings is 1. The lowest BCUT2D eigenvalue weighted by Crippen LogP contribution is -2.05. The average molecular weight is 288 g/mol. The summed E-state index contributed by atoms with van der Waals surface area (Å²) in [5.74, 6) is 1.00. The van der Waals surface area contributed by atoms with E-state index in [2.05, 4.69) is 37.3 Å². The van der Waals surface area contributed by atoms with Gasteiger partial charge in [-0.1, -0.05) is 63.0 Å². The summed E-state index contributed by atoms with van der Waals surface area (Å²) in [6.07, 6.45) is 13.8. The fourth-order valence-electron chi connectivity index (χ4n) is 2.35. The van der Waals surface area contributed by atoms with Crippen LogP contribution < -0.4 is 4.74 Å². The topological polar surface area (TPSA) is 21.8 Å². The number of allylic oxidation sites excluding steroid dienone is 2. The van der Waals surface area contributed by atoms with Crippen LogP contribution in [-0.4, -0.2) is 19.3 Å². The maximum atomic E-state index is 5.82. The van der Waals surface area contributed by atoms with Crippen LogP contribution in [0, 0.1) is 0 Å². The average Bonchev–Trinajstić information content (AvgIpc) is 3.33. The van der Waals surface area contributed by atoms with E-state index in [0.29, 0.717) is 12.7 Å². The summed E-state index contributed by atoms with van der Waals surface area (Å²) >= 11 is 0. The van der Waals surface area contributed by atoms with Crippen molar-refractivity contribution in [3.8, 4) is 5.75 Å². The molecule has 1 fully saturated rings. The Hall–Kier alpha value is -1.28. The van der Waals surface area contributed by atoms with Crippen molar-refractivity contribution in [3.63, 3.8) is 0 Å². The second kappa shape index (κ2) is 9.62. The highest BCUT2D eigenvalue weighted by Crippen LogP contribution is 2.21. The third-order valence-corrected chi connectivity index (χ3v) is 3.78. The number of ether oxygens (including phenoxy) is 2. The van der Waals surface area contributed by atoms with Gasteiger partial charge >= 0.3 is 0 Å². The summed E-state index contributed by atoms with van der Waals surface area (Å²) in [5, 5.41) is 0. The molecule has 1 unspecified atom stereocenters. The lowest BCUT2D eigenvalue weighted by atomic mass is 10.1. The van der Waals surface area contributed by atoms with E-state index in [-0.39, 0.29) is 0 Å². The molecule has 2 heteroatoms. The molecule has 1 aliphatic rings. The van der Waals surface area contributed by atoms with Gasteiger partial charge in [-0.3, -0.25) is 0 Å². The van der Waals surface area contributed by atoms with Crippen molar-refractivity contribution in [2.75, 3.05) is 13.2 Å². The zero-order chi connectivity index (χ0) is 14.8. The van der Waals surface area contributed by atoms with Crippen LogP contribution in [0.2, 0.25) is 0 Å². The minimum Gasteiger partial charge on any atom is -0.490 e. The number of para-hydroxylation sites is 1. The molecule has 2 nitrogen and oxygen atoms in total. The van der Waals surface area contributed by atoms with Crippen molar-refractivity contribution in [2.45, 2.75) is 58.0 Å². The van der Waals surface area contributed by atoms with Gasteiger partial charge in [0.25, 0.3) is 0 Å². The van der Waals surface area contributed by atoms with Gasteiger partial charge in [0.1, 0.15) is 18.5 Å². The van der Waals surface area contributed by atoms with Crippen molar-refractivity contribution in [2.24, 2.45) is 0 Å². The van der Waals surface area contributed by atoms with Crippen LogP contribution in [-0.2, 0) is 11.2 Å². The van der Waals surface area contributed by atoms with Gasteiger partial charge in [-0.05, 0) is 30.9 Å². The Kier molecular flexibility index (Phi) is 7.37. The summed E-state index contributed by atoms with van der Waals surface area (Å²) in [6, 6.07) is 8.31. The second-order valence-corrected chi connectivity index (χ2v) is 5.75. The predicted molar refractivity (Wildman–Crippen MR) is 87.9 cm³/mol. The minimum absolute atomic E-state index is 0.316. The Bertz CT molecular complexity index is 421. The molecule has 116 valence electrons. The zero-order valence-electron chi connectivity index (χ0n) is 13.2. The number of rotatable bonds is 11. The largest absolute Gasteiger partial charge is 0.490 e.